The lowest BCUT2D eigenvalue weighted by Gasteiger charge is -2.15. The Kier molecular flexibility index (Phi) is 6.55. The molecule has 0 heterocycles. The highest BCUT2D eigenvalue weighted by Gasteiger charge is 2.13. The minimum atomic E-state index is -0.556. The van der Waals surface area contributed by atoms with E-state index in [0.717, 1.165) is 5.56 Å². The zero-order chi connectivity index (χ0) is 15.1. The van der Waals surface area contributed by atoms with Crippen LogP contribution in [0.4, 0.5) is 0 Å². The number of rotatable bonds is 5. The van der Waals surface area contributed by atoms with Crippen molar-refractivity contribution in [3.63, 3.8) is 0 Å². The van der Waals surface area contributed by atoms with Crippen molar-refractivity contribution in [1.29, 1.82) is 0 Å². The highest BCUT2D eigenvalue weighted by molar-refractivity contribution is 6.35. The molecule has 0 saturated carbocycles. The Bertz CT molecular complexity index is 529. The van der Waals surface area contributed by atoms with Crippen molar-refractivity contribution < 1.29 is 14.3 Å². The molecule has 0 unspecified atom stereocenters. The van der Waals surface area contributed by atoms with Crippen LogP contribution >= 0.6 is 23.2 Å². The van der Waals surface area contributed by atoms with Gasteiger partial charge in [-0.1, -0.05) is 35.3 Å². The Morgan fingerprint density at radius 1 is 1.40 bits per heavy atom. The number of hydrogen-bond donors (Lipinski definition) is 1. The second-order valence-electron chi connectivity index (χ2n) is 4.06. The molecule has 108 valence electrons. The molecule has 0 aliphatic heterocycles. The predicted molar refractivity (Wildman–Crippen MR) is 78.8 cm³/mol. The monoisotopic (exact) mass is 315 g/mol. The number of halogens is 2. The lowest BCUT2D eigenvalue weighted by molar-refractivity contribution is -0.144. The zero-order valence-corrected chi connectivity index (χ0v) is 12.7. The first-order chi connectivity index (χ1) is 9.43. The number of benzene rings is 1. The normalized spacial score (nSPS) is 12.2. The van der Waals surface area contributed by atoms with E-state index in [2.05, 4.69) is 5.32 Å². The molecule has 0 aromatic heterocycles. The molecule has 4 nitrogen and oxygen atoms in total. The minimum absolute atomic E-state index is 0.312. The fourth-order valence-corrected chi connectivity index (χ4v) is 2.11. The van der Waals surface area contributed by atoms with Gasteiger partial charge in [0.05, 0.1) is 6.04 Å². The van der Waals surface area contributed by atoms with Crippen LogP contribution in [-0.4, -0.2) is 18.5 Å². The molecule has 0 bridgehead atoms. The lowest BCUT2D eigenvalue weighted by atomic mass is 10.1. The third-order valence-electron chi connectivity index (χ3n) is 2.45. The maximum Gasteiger partial charge on any atom is 0.330 e. The van der Waals surface area contributed by atoms with Crippen molar-refractivity contribution in [2.75, 3.05) is 6.61 Å². The number of esters is 1. The van der Waals surface area contributed by atoms with Crippen LogP contribution in [0, 0.1) is 0 Å². The van der Waals surface area contributed by atoms with Crippen LogP contribution in [0.1, 0.15) is 25.5 Å². The molecule has 1 amide bonds. The Labute approximate surface area is 127 Å². The van der Waals surface area contributed by atoms with Crippen LogP contribution in [0.5, 0.6) is 0 Å². The number of ether oxygens (including phenoxy) is 1. The summed E-state index contributed by atoms with van der Waals surface area (Å²) in [5, 5.41) is 3.68. The molecule has 1 rings (SSSR count). The van der Waals surface area contributed by atoms with Gasteiger partial charge in [0.25, 0.3) is 5.91 Å². The molecule has 6 heteroatoms. The number of nitrogens with one attached hydrogen (secondary N) is 1. The van der Waals surface area contributed by atoms with Crippen LogP contribution in [0.3, 0.4) is 0 Å². The Hall–Kier alpha value is -1.52. The number of carbonyl (C=O) groups excluding carboxylic acids is 2. The summed E-state index contributed by atoms with van der Waals surface area (Å²) in [6.45, 7) is 3.13. The van der Waals surface area contributed by atoms with Crippen molar-refractivity contribution >= 4 is 35.1 Å². The van der Waals surface area contributed by atoms with E-state index < -0.39 is 11.9 Å². The minimum Gasteiger partial charge on any atom is -0.452 e. The molecule has 20 heavy (non-hydrogen) atoms. The summed E-state index contributed by atoms with van der Waals surface area (Å²) in [5.74, 6) is -0.957. The summed E-state index contributed by atoms with van der Waals surface area (Å²) >= 11 is 11.9. The average molecular weight is 316 g/mol. The molecule has 1 N–H and O–H groups in total. The molecular formula is C14H15Cl2NO3. The van der Waals surface area contributed by atoms with Gasteiger partial charge in [0.15, 0.2) is 6.61 Å². The zero-order valence-electron chi connectivity index (χ0n) is 11.2. The number of amides is 1. The quantitative estimate of drug-likeness (QED) is 0.670. The van der Waals surface area contributed by atoms with Gasteiger partial charge in [0, 0.05) is 16.1 Å². The van der Waals surface area contributed by atoms with Gasteiger partial charge in [-0.3, -0.25) is 4.79 Å². The third kappa shape index (κ3) is 5.23. The predicted octanol–water partition coefficient (Wildman–Crippen LogP) is 3.29. The van der Waals surface area contributed by atoms with Crippen LogP contribution < -0.4 is 5.32 Å². The molecule has 0 spiro atoms. The van der Waals surface area contributed by atoms with Crippen LogP contribution in [0.15, 0.2) is 30.4 Å². The van der Waals surface area contributed by atoms with Crippen molar-refractivity contribution in [2.24, 2.45) is 0 Å². The first-order valence-corrected chi connectivity index (χ1v) is 6.73. The molecule has 0 aliphatic rings. The lowest BCUT2D eigenvalue weighted by Crippen LogP contribution is -2.31. The van der Waals surface area contributed by atoms with E-state index in [9.17, 15) is 9.59 Å². The van der Waals surface area contributed by atoms with Gasteiger partial charge in [0.2, 0.25) is 0 Å². The summed E-state index contributed by atoms with van der Waals surface area (Å²) in [4.78, 5) is 22.7. The van der Waals surface area contributed by atoms with Gasteiger partial charge < -0.3 is 10.1 Å². The number of carbonyl (C=O) groups is 2. The topological polar surface area (TPSA) is 55.4 Å². The average Bonchev–Trinajstić information content (AvgIpc) is 2.36. The molecule has 0 fully saturated rings. The van der Waals surface area contributed by atoms with Gasteiger partial charge in [-0.15, -0.1) is 0 Å². The first-order valence-electron chi connectivity index (χ1n) is 5.97. The molecule has 0 radical (unpaired) electrons. The van der Waals surface area contributed by atoms with E-state index in [0.29, 0.717) is 10.0 Å². The summed E-state index contributed by atoms with van der Waals surface area (Å²) in [6.07, 6.45) is 2.78. The number of hydrogen-bond acceptors (Lipinski definition) is 3. The first kappa shape index (κ1) is 16.5. The Morgan fingerprint density at radius 3 is 2.70 bits per heavy atom. The van der Waals surface area contributed by atoms with Gasteiger partial charge in [-0.25, -0.2) is 4.79 Å². The second-order valence-corrected chi connectivity index (χ2v) is 4.91. The maximum atomic E-state index is 11.6. The van der Waals surface area contributed by atoms with E-state index in [1.165, 1.54) is 12.2 Å². The highest BCUT2D eigenvalue weighted by Crippen LogP contribution is 2.25. The van der Waals surface area contributed by atoms with Crippen LogP contribution in [0.25, 0.3) is 0 Å². The molecule has 1 atom stereocenters. The van der Waals surface area contributed by atoms with Crippen molar-refractivity contribution in [2.45, 2.75) is 19.9 Å². The second kappa shape index (κ2) is 7.92. The largest absolute Gasteiger partial charge is 0.452 e. The summed E-state index contributed by atoms with van der Waals surface area (Å²) in [5.41, 5.74) is 0.740. The van der Waals surface area contributed by atoms with E-state index in [1.54, 1.807) is 32.0 Å². The molecule has 1 aromatic rings. The van der Waals surface area contributed by atoms with Gasteiger partial charge >= 0.3 is 5.97 Å². The third-order valence-corrected chi connectivity index (χ3v) is 3.02. The summed E-state index contributed by atoms with van der Waals surface area (Å²) in [6, 6.07) is 4.72. The molecule has 1 aromatic carbocycles. The van der Waals surface area contributed by atoms with E-state index in [4.69, 9.17) is 27.9 Å². The SMILES string of the molecule is C/C=C/C(=O)OCC(=O)N[C@H](C)c1ccc(Cl)cc1Cl. The fraction of sp³-hybridized carbons (Fsp3) is 0.286. The summed E-state index contributed by atoms with van der Waals surface area (Å²) in [7, 11) is 0. The highest BCUT2D eigenvalue weighted by atomic mass is 35.5. The molecular weight excluding hydrogens is 301 g/mol. The molecule has 0 aliphatic carbocycles. The van der Waals surface area contributed by atoms with Gasteiger partial charge in [-0.05, 0) is 31.5 Å². The van der Waals surface area contributed by atoms with Gasteiger partial charge in [-0.2, -0.15) is 0 Å². The Morgan fingerprint density at radius 2 is 2.10 bits per heavy atom. The fourth-order valence-electron chi connectivity index (χ4n) is 1.53. The van der Waals surface area contributed by atoms with Crippen molar-refractivity contribution in [3.05, 3.63) is 46.0 Å². The summed E-state index contributed by atoms with van der Waals surface area (Å²) < 4.78 is 4.74. The number of allylic oxidation sites excluding steroid dienone is 1. The standard InChI is InChI=1S/C14H15Cl2NO3/c1-3-4-14(19)20-8-13(18)17-9(2)11-6-5-10(15)7-12(11)16/h3-7,9H,8H2,1-2H3,(H,17,18)/b4-3+/t9-/m1/s1. The van der Waals surface area contributed by atoms with E-state index in [1.807, 2.05) is 0 Å². The van der Waals surface area contributed by atoms with Crippen molar-refractivity contribution in [1.82, 2.24) is 5.32 Å². The Balaban J connectivity index is 2.55. The van der Waals surface area contributed by atoms with Crippen LogP contribution in [-0.2, 0) is 14.3 Å². The maximum absolute atomic E-state index is 11.6. The van der Waals surface area contributed by atoms with E-state index in [-0.39, 0.29) is 12.6 Å². The molecule has 0 saturated heterocycles. The van der Waals surface area contributed by atoms with E-state index >= 15 is 0 Å². The van der Waals surface area contributed by atoms with Gasteiger partial charge in [0.1, 0.15) is 0 Å². The van der Waals surface area contributed by atoms with Crippen LogP contribution in [0.2, 0.25) is 10.0 Å². The van der Waals surface area contributed by atoms with Crippen molar-refractivity contribution in [3.8, 4) is 0 Å². The smallest absolute Gasteiger partial charge is 0.330 e.